The summed E-state index contributed by atoms with van der Waals surface area (Å²) in [5.74, 6) is 0.0300. The fourth-order valence-electron chi connectivity index (χ4n) is 5.85. The summed E-state index contributed by atoms with van der Waals surface area (Å²) in [6, 6.07) is 21.8. The molecule has 1 saturated heterocycles. The van der Waals surface area contributed by atoms with Gasteiger partial charge in [0, 0.05) is 41.1 Å². The van der Waals surface area contributed by atoms with Crippen LogP contribution < -0.4 is 14.8 Å². The first kappa shape index (κ1) is 22.4. The van der Waals surface area contributed by atoms with E-state index in [0.717, 1.165) is 47.0 Å². The van der Waals surface area contributed by atoms with E-state index >= 15 is 0 Å². The van der Waals surface area contributed by atoms with E-state index in [0.29, 0.717) is 23.0 Å². The van der Waals surface area contributed by atoms with Gasteiger partial charge in [-0.3, -0.25) is 4.79 Å². The van der Waals surface area contributed by atoms with E-state index in [1.54, 1.807) is 5.01 Å². The molecule has 1 amide bonds. The number of rotatable bonds is 2. The Balaban J connectivity index is 1.45. The van der Waals surface area contributed by atoms with E-state index in [4.69, 9.17) is 28.3 Å². The summed E-state index contributed by atoms with van der Waals surface area (Å²) in [4.78, 5) is 19.0. The second-order valence-electron chi connectivity index (χ2n) is 9.69. The summed E-state index contributed by atoms with van der Waals surface area (Å²) in [7, 11) is 0. The van der Waals surface area contributed by atoms with E-state index in [1.807, 2.05) is 68.4 Å². The van der Waals surface area contributed by atoms with Gasteiger partial charge in [-0.05, 0) is 68.3 Å². The van der Waals surface area contributed by atoms with Crippen LogP contribution in [0.15, 0.2) is 71.8 Å². The molecule has 0 bridgehead atoms. The zero-order valence-electron chi connectivity index (χ0n) is 19.7. The Hall–Kier alpha value is -3.02. The van der Waals surface area contributed by atoms with Crippen LogP contribution in [0.4, 0.5) is 17.1 Å². The number of benzene rings is 3. The molecule has 0 N–H and O–H groups in total. The fourth-order valence-corrected chi connectivity index (χ4v) is 6.20. The van der Waals surface area contributed by atoms with Crippen LogP contribution >= 0.6 is 23.2 Å². The molecule has 3 aliphatic rings. The maximum Gasteiger partial charge on any atom is 0.261 e. The molecule has 3 aliphatic heterocycles. The van der Waals surface area contributed by atoms with Crippen molar-refractivity contribution in [1.82, 2.24) is 0 Å². The predicted molar refractivity (Wildman–Crippen MR) is 144 cm³/mol. The average molecular weight is 505 g/mol. The lowest BCUT2D eigenvalue weighted by Gasteiger charge is -2.53. The van der Waals surface area contributed by atoms with Gasteiger partial charge < -0.3 is 9.80 Å². The molecule has 2 atom stereocenters. The molecule has 0 aromatic heterocycles. The largest absolute Gasteiger partial charge is 0.368 e. The molecular weight excluding hydrogens is 479 g/mol. The van der Waals surface area contributed by atoms with Crippen LogP contribution in [0.25, 0.3) is 0 Å². The minimum Gasteiger partial charge on any atom is -0.368 e. The number of halogens is 2. The third kappa shape index (κ3) is 3.52. The van der Waals surface area contributed by atoms with Gasteiger partial charge >= 0.3 is 0 Å². The highest BCUT2D eigenvalue weighted by atomic mass is 35.5. The number of piperazine rings is 1. The maximum atomic E-state index is 14.3. The zero-order chi connectivity index (χ0) is 24.3. The van der Waals surface area contributed by atoms with Crippen molar-refractivity contribution in [2.24, 2.45) is 10.5 Å². The standard InChI is InChI=1S/C28H26Cl2N4O/c1-18-6-10-23(11-7-18)34-27(35)28(19(2)31-34)16-20-8-9-22(30)15-25(20)33-13-12-32(17-26(28)33)24-5-3-4-21(29)14-24/h3-11,14-15,26H,12-13,16-17H2,1-2H3. The van der Waals surface area contributed by atoms with Crippen LogP contribution in [0.5, 0.6) is 0 Å². The third-order valence-electron chi connectivity index (χ3n) is 7.70. The van der Waals surface area contributed by atoms with Gasteiger partial charge in [-0.2, -0.15) is 10.1 Å². The van der Waals surface area contributed by atoms with E-state index in [2.05, 4.69) is 21.9 Å². The van der Waals surface area contributed by atoms with Crippen LogP contribution in [0, 0.1) is 12.3 Å². The number of hydrogen-bond acceptors (Lipinski definition) is 4. The lowest BCUT2D eigenvalue weighted by atomic mass is 9.67. The van der Waals surface area contributed by atoms with E-state index in [9.17, 15) is 4.79 Å². The van der Waals surface area contributed by atoms with E-state index in [1.165, 1.54) is 0 Å². The van der Waals surface area contributed by atoms with Gasteiger partial charge in [0.15, 0.2) is 0 Å². The van der Waals surface area contributed by atoms with E-state index in [-0.39, 0.29) is 11.9 Å². The van der Waals surface area contributed by atoms with Gasteiger partial charge in [-0.1, -0.05) is 53.0 Å². The Kier molecular flexibility index (Phi) is 5.31. The van der Waals surface area contributed by atoms with Gasteiger partial charge in [-0.15, -0.1) is 0 Å². The molecule has 2 unspecified atom stereocenters. The van der Waals surface area contributed by atoms with Crippen molar-refractivity contribution in [2.45, 2.75) is 26.3 Å². The van der Waals surface area contributed by atoms with Crippen molar-refractivity contribution in [3.05, 3.63) is 87.9 Å². The van der Waals surface area contributed by atoms with Crippen molar-refractivity contribution < 1.29 is 4.79 Å². The Morgan fingerprint density at radius 2 is 1.69 bits per heavy atom. The molecule has 1 spiro atoms. The highest BCUT2D eigenvalue weighted by molar-refractivity contribution is 6.31. The number of carbonyl (C=O) groups is 1. The SMILES string of the molecule is CC1=NN(c2ccc(C)cc2)C(=O)C12Cc1ccc(Cl)cc1N1CCN(c3cccc(Cl)c3)CC12. The summed E-state index contributed by atoms with van der Waals surface area (Å²) in [5.41, 5.74) is 5.36. The lowest BCUT2D eigenvalue weighted by Crippen LogP contribution is -2.67. The van der Waals surface area contributed by atoms with Crippen molar-refractivity contribution in [1.29, 1.82) is 0 Å². The molecule has 178 valence electrons. The quantitative estimate of drug-likeness (QED) is 0.431. The van der Waals surface area contributed by atoms with Crippen molar-refractivity contribution in [3.8, 4) is 0 Å². The molecule has 0 saturated carbocycles. The van der Waals surface area contributed by atoms with Crippen LogP contribution in [0.1, 0.15) is 18.1 Å². The van der Waals surface area contributed by atoms with Crippen molar-refractivity contribution >= 4 is 51.9 Å². The normalized spacial score (nSPS) is 23.4. The highest BCUT2D eigenvalue weighted by Crippen LogP contribution is 2.49. The van der Waals surface area contributed by atoms with Crippen LogP contribution in [0.3, 0.4) is 0 Å². The first-order chi connectivity index (χ1) is 16.9. The second kappa shape index (κ2) is 8.28. The number of carbonyl (C=O) groups excluding carboxylic acids is 1. The number of anilines is 3. The number of fused-ring (bicyclic) bond motifs is 4. The third-order valence-corrected chi connectivity index (χ3v) is 8.17. The smallest absolute Gasteiger partial charge is 0.261 e. The van der Waals surface area contributed by atoms with Crippen LogP contribution in [0.2, 0.25) is 10.0 Å². The lowest BCUT2D eigenvalue weighted by molar-refractivity contribution is -0.125. The minimum absolute atomic E-state index is 0.0300. The molecule has 3 aromatic rings. The molecular formula is C28H26Cl2N4O. The Labute approximate surface area is 215 Å². The predicted octanol–water partition coefficient (Wildman–Crippen LogP) is 5.96. The summed E-state index contributed by atoms with van der Waals surface area (Å²) < 4.78 is 0. The Morgan fingerprint density at radius 1 is 0.914 bits per heavy atom. The maximum absolute atomic E-state index is 14.3. The van der Waals surface area contributed by atoms with Crippen molar-refractivity contribution in [2.75, 3.05) is 34.4 Å². The molecule has 0 aliphatic carbocycles. The first-order valence-corrected chi connectivity index (χ1v) is 12.6. The molecule has 3 aromatic carbocycles. The summed E-state index contributed by atoms with van der Waals surface area (Å²) in [5, 5.41) is 7.87. The van der Waals surface area contributed by atoms with Crippen LogP contribution in [-0.2, 0) is 11.2 Å². The molecule has 6 rings (SSSR count). The summed E-state index contributed by atoms with van der Waals surface area (Å²) >= 11 is 12.7. The van der Waals surface area contributed by atoms with E-state index < -0.39 is 5.41 Å². The summed E-state index contributed by atoms with van der Waals surface area (Å²) in [6.45, 7) is 6.33. The van der Waals surface area contributed by atoms with Gasteiger partial charge in [0.2, 0.25) is 0 Å². The van der Waals surface area contributed by atoms with Gasteiger partial charge in [0.1, 0.15) is 5.41 Å². The summed E-state index contributed by atoms with van der Waals surface area (Å²) in [6.07, 6.45) is 0.598. The highest BCUT2D eigenvalue weighted by Gasteiger charge is 2.60. The molecule has 3 heterocycles. The van der Waals surface area contributed by atoms with Gasteiger partial charge in [0.05, 0.1) is 17.4 Å². The number of hydrazone groups is 1. The monoisotopic (exact) mass is 504 g/mol. The first-order valence-electron chi connectivity index (χ1n) is 11.9. The molecule has 1 fully saturated rings. The zero-order valence-corrected chi connectivity index (χ0v) is 21.2. The van der Waals surface area contributed by atoms with Crippen LogP contribution in [-0.4, -0.2) is 37.3 Å². The number of nitrogens with zero attached hydrogens (tertiary/aromatic N) is 4. The fraction of sp³-hybridized carbons (Fsp3) is 0.286. The topological polar surface area (TPSA) is 39.2 Å². The van der Waals surface area contributed by atoms with Crippen molar-refractivity contribution in [3.63, 3.8) is 0 Å². The Morgan fingerprint density at radius 3 is 2.46 bits per heavy atom. The number of amides is 1. The van der Waals surface area contributed by atoms with Gasteiger partial charge in [-0.25, -0.2) is 0 Å². The molecule has 35 heavy (non-hydrogen) atoms. The molecule has 7 heteroatoms. The molecule has 5 nitrogen and oxygen atoms in total. The number of aryl methyl sites for hydroxylation is 1. The number of hydrogen-bond donors (Lipinski definition) is 0. The van der Waals surface area contributed by atoms with Gasteiger partial charge in [0.25, 0.3) is 5.91 Å². The molecule has 0 radical (unpaired) electrons. The second-order valence-corrected chi connectivity index (χ2v) is 10.6. The minimum atomic E-state index is -0.761. The Bertz CT molecular complexity index is 1360. The average Bonchev–Trinajstić information content (AvgIpc) is 3.10.